The number of halogens is 4. The molecule has 0 saturated heterocycles. The number of methoxy groups -OCH3 is 2. The molecule has 12 heteroatoms. The summed E-state index contributed by atoms with van der Waals surface area (Å²) in [5.74, 6) is -2.32. The molecule has 2 aromatic rings. The van der Waals surface area contributed by atoms with Crippen LogP contribution in [0, 0.1) is 0 Å². The second kappa shape index (κ2) is 12.3. The molecule has 1 aliphatic carbocycles. The van der Waals surface area contributed by atoms with Crippen molar-refractivity contribution in [3.8, 4) is 11.5 Å². The van der Waals surface area contributed by atoms with Gasteiger partial charge in [0.1, 0.15) is 17.2 Å². The summed E-state index contributed by atoms with van der Waals surface area (Å²) >= 11 is 13.3. The third-order valence-corrected chi connectivity index (χ3v) is 7.43. The van der Waals surface area contributed by atoms with Crippen LogP contribution in [0.3, 0.4) is 0 Å². The lowest BCUT2D eigenvalue weighted by Crippen LogP contribution is -2.36. The first-order valence-corrected chi connectivity index (χ1v) is 13.3. The zero-order valence-corrected chi connectivity index (χ0v) is 24.0. The standard InChI is InChI=1S/C29H29Cl2F2N5O3/c1-5-22(39)37-18-8-6-7-16(26(18)34)14-35-27-15(2)11-19(38-28(27)36-17-9-10-29(32,33)13-17)23-24(30)20(40-3)12-21(41-4)25(23)31/h5-8,11-12,17H,1-2,9-10,13-14,34H2,3-4H3,(H,36,38)(H,37,39). The van der Waals surface area contributed by atoms with E-state index in [4.69, 9.17) is 43.4 Å². The molecule has 4 rings (SSSR count). The maximum absolute atomic E-state index is 14.0. The molecule has 0 radical (unpaired) electrons. The predicted molar refractivity (Wildman–Crippen MR) is 161 cm³/mol. The number of carbonyl (C=O) groups is 1. The summed E-state index contributed by atoms with van der Waals surface area (Å²) in [6, 6.07) is 6.07. The van der Waals surface area contributed by atoms with Gasteiger partial charge in [-0.15, -0.1) is 0 Å². The van der Waals surface area contributed by atoms with Gasteiger partial charge in [-0.1, -0.05) is 48.5 Å². The van der Waals surface area contributed by atoms with Crippen molar-refractivity contribution < 1.29 is 23.0 Å². The zero-order valence-electron chi connectivity index (χ0n) is 22.5. The van der Waals surface area contributed by atoms with Crippen LogP contribution in [0.5, 0.6) is 11.5 Å². The highest BCUT2D eigenvalue weighted by Crippen LogP contribution is 2.44. The van der Waals surface area contributed by atoms with E-state index in [2.05, 4.69) is 28.8 Å². The van der Waals surface area contributed by atoms with Crippen molar-refractivity contribution in [1.29, 1.82) is 0 Å². The van der Waals surface area contributed by atoms with Crippen molar-refractivity contribution in [2.45, 2.75) is 37.8 Å². The zero-order chi connectivity index (χ0) is 29.9. The van der Waals surface area contributed by atoms with Gasteiger partial charge >= 0.3 is 0 Å². The van der Waals surface area contributed by atoms with Gasteiger partial charge in [-0.2, -0.15) is 0 Å². The minimum atomic E-state index is -2.80. The number of rotatable bonds is 8. The van der Waals surface area contributed by atoms with Gasteiger partial charge < -0.3 is 25.8 Å². The summed E-state index contributed by atoms with van der Waals surface area (Å²) in [4.78, 5) is 21.1. The molecule has 1 fully saturated rings. The molecule has 0 bridgehead atoms. The van der Waals surface area contributed by atoms with Crippen LogP contribution in [-0.2, 0) is 11.3 Å². The number of benzene rings is 2. The molecule has 1 saturated carbocycles. The molecule has 1 aliphatic heterocycles. The fourth-order valence-electron chi connectivity index (χ4n) is 4.57. The smallest absolute Gasteiger partial charge is 0.250 e. The quantitative estimate of drug-likeness (QED) is 0.237. The SMILES string of the molecule is C=CC(=O)Nc1cccc(CN=C2C(=C)C=C(c3c(Cl)c(OC)cc(OC)c3Cl)NC2=NC2CCC(F)(F)C2)c1N. The minimum Gasteiger partial charge on any atom is -0.495 e. The number of carbonyl (C=O) groups excluding carboxylic acids is 1. The topological polar surface area (TPSA) is 110 Å². The number of nitrogen functional groups attached to an aromatic ring is 1. The van der Waals surface area contributed by atoms with E-state index in [-0.39, 0.29) is 41.7 Å². The average molecular weight is 604 g/mol. The maximum Gasteiger partial charge on any atom is 0.250 e. The number of allylic oxidation sites excluding steroid dienone is 1. The van der Waals surface area contributed by atoms with Gasteiger partial charge in [0.25, 0.3) is 0 Å². The van der Waals surface area contributed by atoms with E-state index in [9.17, 15) is 13.6 Å². The molecule has 2 aromatic carbocycles. The third kappa shape index (κ3) is 6.55. The molecule has 1 unspecified atom stereocenters. The van der Waals surface area contributed by atoms with Crippen molar-refractivity contribution in [3.63, 3.8) is 0 Å². The molecular weight excluding hydrogens is 575 g/mol. The van der Waals surface area contributed by atoms with Gasteiger partial charge in [0.15, 0.2) is 5.84 Å². The fraction of sp³-hybridized carbons (Fsp3) is 0.276. The Morgan fingerprint density at radius 1 is 1.27 bits per heavy atom. The Hall–Kier alpha value is -3.89. The molecule has 2 aliphatic rings. The summed E-state index contributed by atoms with van der Waals surface area (Å²) in [6.45, 7) is 7.69. The second-order valence-corrected chi connectivity index (χ2v) is 10.2. The molecular formula is C29H29Cl2F2N5O3. The number of nitrogens with two attached hydrogens (primary N) is 1. The lowest BCUT2D eigenvalue weighted by atomic mass is 10.00. The lowest BCUT2D eigenvalue weighted by molar-refractivity contribution is -0.111. The number of para-hydroxylation sites is 1. The van der Waals surface area contributed by atoms with E-state index >= 15 is 0 Å². The van der Waals surface area contributed by atoms with Crippen LogP contribution in [0.4, 0.5) is 20.2 Å². The van der Waals surface area contributed by atoms with Crippen molar-refractivity contribution in [1.82, 2.24) is 5.32 Å². The first kappa shape index (κ1) is 30.1. The molecule has 1 amide bonds. The summed E-state index contributed by atoms with van der Waals surface area (Å²) < 4.78 is 38.9. The lowest BCUT2D eigenvalue weighted by Gasteiger charge is -2.25. The fourth-order valence-corrected chi connectivity index (χ4v) is 5.28. The Balaban J connectivity index is 1.77. The van der Waals surface area contributed by atoms with Gasteiger partial charge in [-0.05, 0) is 35.8 Å². The minimum absolute atomic E-state index is 0.0944. The number of hydrogen-bond acceptors (Lipinski definition) is 6. The number of nitrogens with one attached hydrogen (secondary N) is 2. The van der Waals surface area contributed by atoms with Crippen molar-refractivity contribution >= 4 is 57.7 Å². The van der Waals surface area contributed by atoms with Crippen molar-refractivity contribution in [3.05, 3.63) is 76.3 Å². The van der Waals surface area contributed by atoms with Gasteiger partial charge in [-0.3, -0.25) is 14.8 Å². The Morgan fingerprint density at radius 3 is 2.54 bits per heavy atom. The average Bonchev–Trinajstić information content (AvgIpc) is 3.28. The van der Waals surface area contributed by atoms with E-state index in [0.717, 1.165) is 6.08 Å². The Morgan fingerprint density at radius 2 is 1.95 bits per heavy atom. The normalized spacial score (nSPS) is 20.0. The highest BCUT2D eigenvalue weighted by Gasteiger charge is 2.40. The van der Waals surface area contributed by atoms with Gasteiger partial charge in [-0.25, -0.2) is 8.78 Å². The van der Waals surface area contributed by atoms with Crippen LogP contribution < -0.4 is 25.8 Å². The molecule has 4 N–H and O–H groups in total. The largest absolute Gasteiger partial charge is 0.495 e. The molecule has 1 heterocycles. The third-order valence-electron chi connectivity index (χ3n) is 6.68. The van der Waals surface area contributed by atoms with Crippen LogP contribution in [-0.4, -0.2) is 43.6 Å². The molecule has 41 heavy (non-hydrogen) atoms. The monoisotopic (exact) mass is 603 g/mol. The van der Waals surface area contributed by atoms with Gasteiger partial charge in [0, 0.05) is 24.5 Å². The van der Waals surface area contributed by atoms with Crippen molar-refractivity contribution in [2.75, 3.05) is 25.3 Å². The summed E-state index contributed by atoms with van der Waals surface area (Å²) in [6.07, 6.45) is 2.39. The highest BCUT2D eigenvalue weighted by atomic mass is 35.5. The number of amides is 1. The summed E-state index contributed by atoms with van der Waals surface area (Å²) in [5.41, 5.74) is 9.21. The first-order chi connectivity index (χ1) is 19.5. The molecule has 0 spiro atoms. The number of hydrogen-bond donors (Lipinski definition) is 3. The van der Waals surface area contributed by atoms with Crippen LogP contribution in [0.25, 0.3) is 5.70 Å². The van der Waals surface area contributed by atoms with E-state index in [1.807, 2.05) is 0 Å². The Kier molecular flexibility index (Phi) is 9.04. The van der Waals surface area contributed by atoms with E-state index in [1.165, 1.54) is 14.2 Å². The number of amidine groups is 1. The van der Waals surface area contributed by atoms with E-state index < -0.39 is 17.9 Å². The number of aliphatic imine (C=N–C) groups is 2. The summed E-state index contributed by atoms with van der Waals surface area (Å²) in [5, 5.41) is 6.26. The molecule has 1 atom stereocenters. The number of ether oxygens (including phenoxy) is 2. The molecule has 216 valence electrons. The van der Waals surface area contributed by atoms with E-state index in [0.29, 0.717) is 51.0 Å². The van der Waals surface area contributed by atoms with Gasteiger partial charge in [0.2, 0.25) is 11.8 Å². The van der Waals surface area contributed by atoms with Crippen LogP contribution in [0.15, 0.2) is 65.1 Å². The predicted octanol–water partition coefficient (Wildman–Crippen LogP) is 6.45. The number of nitrogens with zero attached hydrogens (tertiary/aromatic N) is 2. The Labute approximate surface area is 246 Å². The number of alkyl halides is 2. The van der Waals surface area contributed by atoms with Crippen molar-refractivity contribution in [2.24, 2.45) is 9.98 Å². The maximum atomic E-state index is 14.0. The van der Waals surface area contributed by atoms with Crippen LogP contribution in [0.2, 0.25) is 10.0 Å². The molecule has 0 aromatic heterocycles. The highest BCUT2D eigenvalue weighted by molar-refractivity contribution is 6.51. The molecule has 8 nitrogen and oxygen atoms in total. The number of anilines is 2. The Bertz CT molecular complexity index is 1480. The second-order valence-electron chi connectivity index (χ2n) is 9.46. The van der Waals surface area contributed by atoms with Crippen LogP contribution in [0.1, 0.15) is 30.4 Å². The summed E-state index contributed by atoms with van der Waals surface area (Å²) in [7, 11) is 2.92. The first-order valence-electron chi connectivity index (χ1n) is 12.6. The van der Waals surface area contributed by atoms with Gasteiger partial charge in [0.05, 0.1) is 53.9 Å². The van der Waals surface area contributed by atoms with E-state index in [1.54, 1.807) is 30.3 Å². The van der Waals surface area contributed by atoms with Crippen LogP contribution >= 0.6 is 23.2 Å².